The number of hydrogen-bond donors (Lipinski definition) is 1. The predicted octanol–water partition coefficient (Wildman–Crippen LogP) is 5.45. The Morgan fingerprint density at radius 1 is 1.26 bits per heavy atom. The monoisotopic (exact) mass is 291 g/mol. The molecule has 1 atom stereocenters. The first-order valence-corrected chi connectivity index (χ1v) is 8.11. The van der Waals surface area contributed by atoms with Crippen LogP contribution in [0.4, 0.5) is 5.69 Å². The van der Waals surface area contributed by atoms with E-state index in [0.29, 0.717) is 6.04 Å². The van der Waals surface area contributed by atoms with E-state index in [1.165, 1.54) is 48.1 Å². The van der Waals surface area contributed by atoms with Crippen LogP contribution in [0.5, 0.6) is 0 Å². The van der Waals surface area contributed by atoms with Crippen LogP contribution in [0.1, 0.15) is 42.5 Å². The molecule has 0 saturated heterocycles. The molecule has 1 unspecified atom stereocenters. The summed E-state index contributed by atoms with van der Waals surface area (Å²) >= 11 is 7.61. The van der Waals surface area contributed by atoms with Gasteiger partial charge in [-0.05, 0) is 66.8 Å². The third-order valence-corrected chi connectivity index (χ3v) is 4.97. The van der Waals surface area contributed by atoms with Gasteiger partial charge in [0.1, 0.15) is 0 Å². The van der Waals surface area contributed by atoms with E-state index < -0.39 is 0 Å². The van der Waals surface area contributed by atoms with Gasteiger partial charge in [-0.15, -0.1) is 11.3 Å². The molecule has 1 aliphatic rings. The second-order valence-corrected chi connectivity index (χ2v) is 6.74. The van der Waals surface area contributed by atoms with Crippen LogP contribution < -0.4 is 5.32 Å². The molecule has 1 N–H and O–H groups in total. The van der Waals surface area contributed by atoms with Crippen molar-refractivity contribution in [1.82, 2.24) is 0 Å². The Hall–Kier alpha value is -0.990. The first kappa shape index (κ1) is 13.0. The van der Waals surface area contributed by atoms with Crippen molar-refractivity contribution in [3.8, 4) is 0 Å². The van der Waals surface area contributed by atoms with Crippen molar-refractivity contribution in [2.45, 2.75) is 38.6 Å². The largest absolute Gasteiger partial charge is 0.378 e. The Bertz CT molecular complexity index is 576. The standard InChI is InChI=1S/C16H18ClNS/c1-11(13-9-16(17)19-10-13)18-15-8-4-6-12-5-2-3-7-14(12)15/h4,6,8-11,18H,2-3,5,7H2,1H3. The van der Waals surface area contributed by atoms with Crippen LogP contribution in [0, 0.1) is 0 Å². The molecular formula is C16H18ClNS. The van der Waals surface area contributed by atoms with Crippen molar-refractivity contribution in [1.29, 1.82) is 0 Å². The highest BCUT2D eigenvalue weighted by atomic mass is 35.5. The van der Waals surface area contributed by atoms with Crippen molar-refractivity contribution < 1.29 is 0 Å². The van der Waals surface area contributed by atoms with Gasteiger partial charge in [-0.25, -0.2) is 0 Å². The van der Waals surface area contributed by atoms with E-state index >= 15 is 0 Å². The lowest BCUT2D eigenvalue weighted by atomic mass is 9.90. The molecule has 1 aromatic heterocycles. The molecule has 3 rings (SSSR count). The molecule has 0 saturated carbocycles. The average Bonchev–Trinajstić information content (AvgIpc) is 2.86. The SMILES string of the molecule is CC(Nc1cccc2c1CCCC2)c1csc(Cl)c1. The molecule has 0 amide bonds. The van der Waals surface area contributed by atoms with Gasteiger partial charge in [0.2, 0.25) is 0 Å². The fourth-order valence-electron chi connectivity index (χ4n) is 2.78. The van der Waals surface area contributed by atoms with Crippen molar-refractivity contribution in [3.05, 3.63) is 50.7 Å². The molecule has 100 valence electrons. The molecule has 0 spiro atoms. The van der Waals surface area contributed by atoms with E-state index in [9.17, 15) is 0 Å². The minimum absolute atomic E-state index is 0.303. The quantitative estimate of drug-likeness (QED) is 0.792. The van der Waals surface area contributed by atoms with Crippen molar-refractivity contribution >= 4 is 28.6 Å². The molecule has 1 heterocycles. The fourth-order valence-corrected chi connectivity index (χ4v) is 3.77. The van der Waals surface area contributed by atoms with Crippen molar-refractivity contribution in [3.63, 3.8) is 0 Å². The molecule has 1 aromatic carbocycles. The summed E-state index contributed by atoms with van der Waals surface area (Å²) in [5.41, 5.74) is 5.60. The smallest absolute Gasteiger partial charge is 0.0931 e. The molecule has 0 bridgehead atoms. The van der Waals surface area contributed by atoms with Gasteiger partial charge in [0.25, 0.3) is 0 Å². The van der Waals surface area contributed by atoms with E-state index in [-0.39, 0.29) is 0 Å². The summed E-state index contributed by atoms with van der Waals surface area (Å²) < 4.78 is 0.860. The third kappa shape index (κ3) is 2.80. The van der Waals surface area contributed by atoms with Gasteiger partial charge >= 0.3 is 0 Å². The number of thiophene rings is 1. The number of nitrogens with one attached hydrogen (secondary N) is 1. The summed E-state index contributed by atoms with van der Waals surface area (Å²) in [5, 5.41) is 5.78. The summed E-state index contributed by atoms with van der Waals surface area (Å²) in [5.74, 6) is 0. The van der Waals surface area contributed by atoms with Gasteiger partial charge in [-0.2, -0.15) is 0 Å². The van der Waals surface area contributed by atoms with E-state index in [1.807, 2.05) is 0 Å². The van der Waals surface area contributed by atoms with Crippen molar-refractivity contribution in [2.75, 3.05) is 5.32 Å². The highest BCUT2D eigenvalue weighted by Crippen LogP contribution is 2.32. The lowest BCUT2D eigenvalue weighted by Gasteiger charge is -2.22. The van der Waals surface area contributed by atoms with Crippen LogP contribution in [-0.4, -0.2) is 0 Å². The predicted molar refractivity (Wildman–Crippen MR) is 84.5 cm³/mol. The van der Waals surface area contributed by atoms with E-state index in [1.54, 1.807) is 11.3 Å². The zero-order valence-electron chi connectivity index (χ0n) is 11.1. The number of fused-ring (bicyclic) bond motifs is 1. The number of anilines is 1. The van der Waals surface area contributed by atoms with E-state index in [2.05, 4.69) is 41.9 Å². The van der Waals surface area contributed by atoms with Crippen LogP contribution in [0.25, 0.3) is 0 Å². The number of halogens is 1. The van der Waals surface area contributed by atoms with Gasteiger partial charge in [0, 0.05) is 11.7 Å². The summed E-state index contributed by atoms with van der Waals surface area (Å²) in [6.07, 6.45) is 5.07. The zero-order valence-corrected chi connectivity index (χ0v) is 12.7. The van der Waals surface area contributed by atoms with Gasteiger partial charge in [-0.3, -0.25) is 0 Å². The first-order valence-electron chi connectivity index (χ1n) is 6.85. The normalized spacial score (nSPS) is 15.9. The topological polar surface area (TPSA) is 12.0 Å². The van der Waals surface area contributed by atoms with Crippen LogP contribution in [-0.2, 0) is 12.8 Å². The van der Waals surface area contributed by atoms with Gasteiger partial charge in [-0.1, -0.05) is 23.7 Å². The number of aryl methyl sites for hydroxylation is 1. The molecule has 19 heavy (non-hydrogen) atoms. The number of hydrogen-bond acceptors (Lipinski definition) is 2. The molecule has 0 radical (unpaired) electrons. The van der Waals surface area contributed by atoms with Gasteiger partial charge in [0.15, 0.2) is 0 Å². The zero-order chi connectivity index (χ0) is 13.2. The summed E-state index contributed by atoms with van der Waals surface area (Å²) in [6, 6.07) is 9.00. The molecule has 1 nitrogen and oxygen atoms in total. The minimum Gasteiger partial charge on any atom is -0.378 e. The second-order valence-electron chi connectivity index (χ2n) is 5.20. The summed E-state index contributed by atoms with van der Waals surface area (Å²) in [6.45, 7) is 2.20. The maximum Gasteiger partial charge on any atom is 0.0931 e. The highest BCUT2D eigenvalue weighted by Gasteiger charge is 2.15. The maximum absolute atomic E-state index is 6.01. The van der Waals surface area contributed by atoms with Gasteiger partial charge in [0.05, 0.1) is 4.34 Å². The average molecular weight is 292 g/mol. The Labute approximate surface area is 123 Å². The molecule has 2 aromatic rings. The second kappa shape index (κ2) is 5.56. The number of rotatable bonds is 3. The molecule has 3 heteroatoms. The Kier molecular flexibility index (Phi) is 3.81. The van der Waals surface area contributed by atoms with Crippen LogP contribution in [0.15, 0.2) is 29.6 Å². The van der Waals surface area contributed by atoms with E-state index in [0.717, 1.165) is 4.34 Å². The van der Waals surface area contributed by atoms with Gasteiger partial charge < -0.3 is 5.32 Å². The Morgan fingerprint density at radius 2 is 2.11 bits per heavy atom. The minimum atomic E-state index is 0.303. The fraction of sp³-hybridized carbons (Fsp3) is 0.375. The highest BCUT2D eigenvalue weighted by molar-refractivity contribution is 7.14. The molecule has 1 aliphatic carbocycles. The lowest BCUT2D eigenvalue weighted by molar-refractivity contribution is 0.685. The van der Waals surface area contributed by atoms with E-state index in [4.69, 9.17) is 11.6 Å². The lowest BCUT2D eigenvalue weighted by Crippen LogP contribution is -2.11. The van der Waals surface area contributed by atoms with Crippen molar-refractivity contribution in [2.24, 2.45) is 0 Å². The number of benzene rings is 1. The maximum atomic E-state index is 6.01. The summed E-state index contributed by atoms with van der Waals surface area (Å²) in [4.78, 5) is 0. The first-order chi connectivity index (χ1) is 9.24. The Morgan fingerprint density at radius 3 is 2.89 bits per heavy atom. The summed E-state index contributed by atoms with van der Waals surface area (Å²) in [7, 11) is 0. The van der Waals surface area contributed by atoms with Crippen LogP contribution >= 0.6 is 22.9 Å². The third-order valence-electron chi connectivity index (χ3n) is 3.86. The van der Waals surface area contributed by atoms with Crippen LogP contribution in [0.3, 0.4) is 0 Å². The molecule has 0 fully saturated rings. The molecular weight excluding hydrogens is 274 g/mol. The molecule has 0 aliphatic heterocycles. The Balaban J connectivity index is 1.83. The van der Waals surface area contributed by atoms with Crippen LogP contribution in [0.2, 0.25) is 4.34 Å².